The van der Waals surface area contributed by atoms with E-state index in [1.807, 2.05) is 42.5 Å². The Balaban J connectivity index is 1.93. The number of ketones is 1. The smallest absolute Gasteiger partial charge is 0.304 e. The minimum Gasteiger partial charge on any atom is -0.481 e. The molecular weight excluding hydrogens is 266 g/mol. The van der Waals surface area contributed by atoms with Gasteiger partial charge in [-0.25, -0.2) is 0 Å². The van der Waals surface area contributed by atoms with Crippen LogP contribution in [0, 0.1) is 0 Å². The van der Waals surface area contributed by atoms with Gasteiger partial charge in [-0.3, -0.25) is 9.59 Å². The van der Waals surface area contributed by atoms with Crippen LogP contribution < -0.4 is 5.32 Å². The normalized spacial score (nSPS) is 10.3. The average Bonchev–Trinajstić information content (AvgIpc) is 2.52. The molecule has 4 nitrogen and oxygen atoms in total. The molecule has 0 saturated heterocycles. The summed E-state index contributed by atoms with van der Waals surface area (Å²) in [6.45, 7) is 0.446. The van der Waals surface area contributed by atoms with Gasteiger partial charge in [0, 0.05) is 12.1 Å². The van der Waals surface area contributed by atoms with Crippen LogP contribution in [-0.2, 0) is 4.79 Å². The van der Waals surface area contributed by atoms with E-state index < -0.39 is 5.97 Å². The largest absolute Gasteiger partial charge is 0.481 e. The highest BCUT2D eigenvalue weighted by atomic mass is 16.4. The predicted molar refractivity (Wildman–Crippen MR) is 81.3 cm³/mol. The molecule has 0 spiro atoms. The zero-order chi connectivity index (χ0) is 15.1. The Morgan fingerprint density at radius 2 is 1.52 bits per heavy atom. The van der Waals surface area contributed by atoms with Crippen molar-refractivity contribution in [3.8, 4) is 11.1 Å². The van der Waals surface area contributed by atoms with Crippen molar-refractivity contribution in [1.29, 1.82) is 0 Å². The Labute approximate surface area is 123 Å². The third-order valence-corrected chi connectivity index (χ3v) is 3.12. The lowest BCUT2D eigenvalue weighted by Gasteiger charge is -2.05. The van der Waals surface area contributed by atoms with Gasteiger partial charge in [-0.1, -0.05) is 54.6 Å². The number of carboxylic acid groups (broad SMARTS) is 1. The molecule has 0 fully saturated rings. The molecule has 0 amide bonds. The van der Waals surface area contributed by atoms with Crippen LogP contribution in [0.3, 0.4) is 0 Å². The first-order valence-corrected chi connectivity index (χ1v) is 6.78. The fraction of sp³-hybridized carbons (Fsp3) is 0.176. The fourth-order valence-corrected chi connectivity index (χ4v) is 1.98. The third-order valence-electron chi connectivity index (χ3n) is 3.12. The molecule has 4 heteroatoms. The molecule has 0 saturated carbocycles. The number of nitrogens with one attached hydrogen (secondary N) is 1. The van der Waals surface area contributed by atoms with Gasteiger partial charge in [-0.05, 0) is 11.1 Å². The molecule has 2 aromatic carbocycles. The van der Waals surface area contributed by atoms with Gasteiger partial charge in [-0.2, -0.15) is 0 Å². The molecule has 2 aromatic rings. The molecule has 0 aliphatic carbocycles. The van der Waals surface area contributed by atoms with Crippen LogP contribution in [-0.4, -0.2) is 29.9 Å². The maximum atomic E-state index is 11.9. The highest BCUT2D eigenvalue weighted by molar-refractivity contribution is 5.98. The second-order valence-corrected chi connectivity index (χ2v) is 4.69. The number of benzene rings is 2. The SMILES string of the molecule is O=C(O)CCNCC(=O)c1ccc(-c2ccccc2)cc1. The number of aliphatic carboxylic acids is 1. The molecule has 108 valence electrons. The summed E-state index contributed by atoms with van der Waals surface area (Å²) in [5.41, 5.74) is 2.79. The molecule has 0 aromatic heterocycles. The number of Topliss-reactive ketones (excluding diaryl/α,β-unsaturated/α-hetero) is 1. The summed E-state index contributed by atoms with van der Waals surface area (Å²) in [7, 11) is 0. The lowest BCUT2D eigenvalue weighted by molar-refractivity contribution is -0.136. The molecule has 0 aliphatic rings. The van der Waals surface area contributed by atoms with Gasteiger partial charge in [-0.15, -0.1) is 0 Å². The first-order valence-electron chi connectivity index (χ1n) is 6.78. The summed E-state index contributed by atoms with van der Waals surface area (Å²) in [6.07, 6.45) is 0.0141. The van der Waals surface area contributed by atoms with E-state index in [0.29, 0.717) is 12.1 Å². The lowest BCUT2D eigenvalue weighted by Crippen LogP contribution is -2.25. The number of rotatable bonds is 7. The quantitative estimate of drug-likeness (QED) is 0.605. The number of carbonyl (C=O) groups excluding carboxylic acids is 1. The van der Waals surface area contributed by atoms with Gasteiger partial charge < -0.3 is 10.4 Å². The molecule has 0 bridgehead atoms. The van der Waals surface area contributed by atoms with Crippen molar-refractivity contribution in [2.24, 2.45) is 0 Å². The molecule has 2 rings (SSSR count). The van der Waals surface area contributed by atoms with Crippen molar-refractivity contribution in [1.82, 2.24) is 5.32 Å². The summed E-state index contributed by atoms with van der Waals surface area (Å²) < 4.78 is 0. The van der Waals surface area contributed by atoms with E-state index in [4.69, 9.17) is 5.11 Å². The van der Waals surface area contributed by atoms with E-state index in [0.717, 1.165) is 11.1 Å². The highest BCUT2D eigenvalue weighted by Crippen LogP contribution is 2.19. The van der Waals surface area contributed by atoms with Gasteiger partial charge in [0.1, 0.15) is 0 Å². The topological polar surface area (TPSA) is 66.4 Å². The van der Waals surface area contributed by atoms with E-state index in [2.05, 4.69) is 5.32 Å². The Morgan fingerprint density at radius 1 is 0.905 bits per heavy atom. The molecule has 0 atom stereocenters. The van der Waals surface area contributed by atoms with Crippen molar-refractivity contribution in [3.63, 3.8) is 0 Å². The van der Waals surface area contributed by atoms with Gasteiger partial charge in [0.05, 0.1) is 13.0 Å². The second-order valence-electron chi connectivity index (χ2n) is 4.69. The van der Waals surface area contributed by atoms with Gasteiger partial charge in [0.2, 0.25) is 0 Å². The highest BCUT2D eigenvalue weighted by Gasteiger charge is 2.06. The van der Waals surface area contributed by atoms with Crippen LogP contribution in [0.1, 0.15) is 16.8 Å². The maximum Gasteiger partial charge on any atom is 0.304 e. The van der Waals surface area contributed by atoms with Crippen molar-refractivity contribution in [3.05, 3.63) is 60.2 Å². The van der Waals surface area contributed by atoms with E-state index in [1.165, 1.54) is 0 Å². The van der Waals surface area contributed by atoms with Gasteiger partial charge in [0.15, 0.2) is 5.78 Å². The third kappa shape index (κ3) is 4.54. The Morgan fingerprint density at radius 3 is 2.14 bits per heavy atom. The average molecular weight is 283 g/mol. The first kappa shape index (κ1) is 14.9. The number of carboxylic acids is 1. The molecule has 0 heterocycles. The van der Waals surface area contributed by atoms with E-state index >= 15 is 0 Å². The Kier molecular flexibility index (Phi) is 5.23. The summed E-state index contributed by atoms with van der Waals surface area (Å²) in [5, 5.41) is 11.3. The maximum absolute atomic E-state index is 11.9. The van der Waals surface area contributed by atoms with Crippen LogP contribution in [0.2, 0.25) is 0 Å². The van der Waals surface area contributed by atoms with Gasteiger partial charge in [0.25, 0.3) is 0 Å². The Bertz CT molecular complexity index is 606. The standard InChI is InChI=1S/C17H17NO3/c19-16(12-18-11-10-17(20)21)15-8-6-14(7-9-15)13-4-2-1-3-5-13/h1-9,18H,10-12H2,(H,20,21). The lowest BCUT2D eigenvalue weighted by atomic mass is 10.0. The van der Waals surface area contributed by atoms with Crippen LogP contribution in [0.5, 0.6) is 0 Å². The number of carbonyl (C=O) groups is 2. The number of hydrogen-bond acceptors (Lipinski definition) is 3. The zero-order valence-corrected chi connectivity index (χ0v) is 11.6. The van der Waals surface area contributed by atoms with E-state index in [-0.39, 0.29) is 18.7 Å². The first-order chi connectivity index (χ1) is 10.2. The summed E-state index contributed by atoms with van der Waals surface area (Å²) in [6, 6.07) is 17.4. The predicted octanol–water partition coefficient (Wildman–Crippen LogP) is 2.60. The molecular formula is C17H17NO3. The molecule has 0 aliphatic heterocycles. The van der Waals surface area contributed by atoms with Crippen LogP contribution in [0.25, 0.3) is 11.1 Å². The molecule has 0 unspecified atom stereocenters. The van der Waals surface area contributed by atoms with Crippen molar-refractivity contribution in [2.75, 3.05) is 13.1 Å². The molecule has 2 N–H and O–H groups in total. The molecule has 21 heavy (non-hydrogen) atoms. The summed E-state index contributed by atoms with van der Waals surface area (Å²) in [5.74, 6) is -0.915. The fourth-order valence-electron chi connectivity index (χ4n) is 1.98. The zero-order valence-electron chi connectivity index (χ0n) is 11.6. The van der Waals surface area contributed by atoms with Crippen LogP contribution in [0.4, 0.5) is 0 Å². The monoisotopic (exact) mass is 283 g/mol. The minimum atomic E-state index is -0.873. The van der Waals surface area contributed by atoms with Crippen LogP contribution >= 0.6 is 0 Å². The summed E-state index contributed by atoms with van der Waals surface area (Å²) in [4.78, 5) is 22.3. The second kappa shape index (κ2) is 7.36. The molecule has 0 radical (unpaired) electrons. The Hall–Kier alpha value is -2.46. The minimum absolute atomic E-state index is 0.0141. The van der Waals surface area contributed by atoms with Gasteiger partial charge >= 0.3 is 5.97 Å². The van der Waals surface area contributed by atoms with Crippen molar-refractivity contribution in [2.45, 2.75) is 6.42 Å². The van der Waals surface area contributed by atoms with Crippen molar-refractivity contribution >= 4 is 11.8 Å². The van der Waals surface area contributed by atoms with E-state index in [9.17, 15) is 9.59 Å². The van der Waals surface area contributed by atoms with Crippen molar-refractivity contribution < 1.29 is 14.7 Å². The number of hydrogen-bond donors (Lipinski definition) is 2. The summed E-state index contributed by atoms with van der Waals surface area (Å²) >= 11 is 0. The van der Waals surface area contributed by atoms with E-state index in [1.54, 1.807) is 12.1 Å². The van der Waals surface area contributed by atoms with Crippen LogP contribution in [0.15, 0.2) is 54.6 Å².